The number of benzene rings is 1. The fourth-order valence-corrected chi connectivity index (χ4v) is 1.38. The van der Waals surface area contributed by atoms with Crippen molar-refractivity contribution in [2.45, 2.75) is 6.61 Å². The third-order valence-electron chi connectivity index (χ3n) is 2.27. The quantitative estimate of drug-likeness (QED) is 0.763. The van der Waals surface area contributed by atoms with Gasteiger partial charge in [-0.25, -0.2) is 0 Å². The summed E-state index contributed by atoms with van der Waals surface area (Å²) < 4.78 is 33.1. The number of amides is 1. The lowest BCUT2D eigenvalue weighted by molar-refractivity contribution is -0.141. The van der Waals surface area contributed by atoms with Crippen molar-refractivity contribution in [1.29, 1.82) is 0 Å². The van der Waals surface area contributed by atoms with Crippen LogP contribution in [0.15, 0.2) is 24.3 Å². The molecule has 7 heteroatoms. The highest BCUT2D eigenvalue weighted by atomic mass is 19.3. The molecule has 0 atom stereocenters. The van der Waals surface area contributed by atoms with Crippen molar-refractivity contribution in [3.8, 4) is 5.75 Å². The Balaban J connectivity index is 2.89. The highest BCUT2D eigenvalue weighted by Crippen LogP contribution is 2.21. The van der Waals surface area contributed by atoms with E-state index < -0.39 is 18.5 Å². The van der Waals surface area contributed by atoms with E-state index in [0.717, 1.165) is 4.90 Å². The van der Waals surface area contributed by atoms with Crippen molar-refractivity contribution < 1.29 is 27.8 Å². The maximum Gasteiger partial charge on any atom is 0.387 e. The average Bonchev–Trinajstić information content (AvgIpc) is 2.37. The van der Waals surface area contributed by atoms with Crippen LogP contribution in [0.3, 0.4) is 0 Å². The molecule has 0 spiro atoms. The first-order chi connectivity index (χ1) is 8.95. The van der Waals surface area contributed by atoms with Crippen LogP contribution in [0.4, 0.5) is 8.78 Å². The molecule has 1 rings (SSSR count). The Morgan fingerprint density at radius 3 is 2.53 bits per heavy atom. The molecule has 0 bridgehead atoms. The monoisotopic (exact) mass is 273 g/mol. The van der Waals surface area contributed by atoms with Gasteiger partial charge in [-0.1, -0.05) is 12.1 Å². The van der Waals surface area contributed by atoms with E-state index in [2.05, 4.69) is 9.47 Å². The minimum Gasteiger partial charge on any atom is -0.468 e. The molecule has 0 saturated heterocycles. The van der Waals surface area contributed by atoms with E-state index in [0.29, 0.717) is 0 Å². The van der Waals surface area contributed by atoms with E-state index in [9.17, 15) is 18.4 Å². The number of rotatable bonds is 5. The van der Waals surface area contributed by atoms with Crippen LogP contribution in [0.2, 0.25) is 0 Å². The van der Waals surface area contributed by atoms with E-state index in [1.807, 2.05) is 0 Å². The molecular weight excluding hydrogens is 260 g/mol. The number of halogens is 2. The molecule has 0 fully saturated rings. The molecule has 0 aliphatic heterocycles. The summed E-state index contributed by atoms with van der Waals surface area (Å²) in [7, 11) is 2.55. The van der Waals surface area contributed by atoms with E-state index in [1.165, 1.54) is 38.4 Å². The molecular formula is C12H13F2NO4. The second-order valence-electron chi connectivity index (χ2n) is 3.61. The van der Waals surface area contributed by atoms with Crippen molar-refractivity contribution in [2.24, 2.45) is 0 Å². The van der Waals surface area contributed by atoms with E-state index >= 15 is 0 Å². The topological polar surface area (TPSA) is 55.8 Å². The number of alkyl halides is 2. The molecule has 5 nitrogen and oxygen atoms in total. The fraction of sp³-hybridized carbons (Fsp3) is 0.333. The summed E-state index contributed by atoms with van der Waals surface area (Å²) in [5, 5.41) is 0. The Bertz CT molecular complexity index is 465. The Morgan fingerprint density at radius 2 is 1.95 bits per heavy atom. The number of carbonyl (C=O) groups excluding carboxylic acids is 2. The van der Waals surface area contributed by atoms with Crippen LogP contribution in [0, 0.1) is 0 Å². The molecule has 0 N–H and O–H groups in total. The number of nitrogens with zero attached hydrogens (tertiary/aromatic N) is 1. The molecule has 104 valence electrons. The van der Waals surface area contributed by atoms with Crippen LogP contribution in [0.1, 0.15) is 10.4 Å². The minimum atomic E-state index is -3.03. The summed E-state index contributed by atoms with van der Waals surface area (Å²) in [6.45, 7) is -3.31. The molecule has 19 heavy (non-hydrogen) atoms. The first-order valence-corrected chi connectivity index (χ1v) is 5.31. The van der Waals surface area contributed by atoms with Crippen molar-refractivity contribution in [3.63, 3.8) is 0 Å². The third-order valence-corrected chi connectivity index (χ3v) is 2.27. The van der Waals surface area contributed by atoms with Gasteiger partial charge in [0, 0.05) is 7.05 Å². The summed E-state index contributed by atoms with van der Waals surface area (Å²) in [5.74, 6) is -1.45. The number of para-hydroxylation sites is 1. The minimum absolute atomic E-state index is 0.0470. The molecule has 0 aliphatic carbocycles. The van der Waals surface area contributed by atoms with Gasteiger partial charge in [0.25, 0.3) is 5.91 Å². The second-order valence-corrected chi connectivity index (χ2v) is 3.61. The predicted molar refractivity (Wildman–Crippen MR) is 62.1 cm³/mol. The summed E-state index contributed by atoms with van der Waals surface area (Å²) >= 11 is 0. The standard InChI is InChI=1S/C12H13F2NO4/c1-15(7-10(16)18-2)11(17)8-5-3-4-6-9(8)19-12(13)14/h3-6,12H,7H2,1-2H3. The lowest BCUT2D eigenvalue weighted by Gasteiger charge is -2.17. The molecule has 1 aromatic rings. The Morgan fingerprint density at radius 1 is 1.32 bits per heavy atom. The largest absolute Gasteiger partial charge is 0.468 e. The Hall–Kier alpha value is -2.18. The van der Waals surface area contributed by atoms with E-state index in [1.54, 1.807) is 0 Å². The zero-order valence-electron chi connectivity index (χ0n) is 10.4. The summed E-state index contributed by atoms with van der Waals surface area (Å²) in [4.78, 5) is 24.1. The van der Waals surface area contributed by atoms with Crippen LogP contribution in [0.25, 0.3) is 0 Å². The van der Waals surface area contributed by atoms with Gasteiger partial charge in [-0.2, -0.15) is 8.78 Å². The normalized spacial score (nSPS) is 10.2. The number of hydrogen-bond acceptors (Lipinski definition) is 4. The SMILES string of the molecule is COC(=O)CN(C)C(=O)c1ccccc1OC(F)F. The first-order valence-electron chi connectivity index (χ1n) is 5.31. The number of esters is 1. The van der Waals surface area contributed by atoms with Crippen molar-refractivity contribution in [1.82, 2.24) is 4.90 Å². The van der Waals surface area contributed by atoms with Gasteiger partial charge in [-0.15, -0.1) is 0 Å². The van der Waals surface area contributed by atoms with Crippen LogP contribution >= 0.6 is 0 Å². The second kappa shape index (κ2) is 6.67. The van der Waals surface area contributed by atoms with Gasteiger partial charge in [0.05, 0.1) is 12.7 Å². The fourth-order valence-electron chi connectivity index (χ4n) is 1.38. The van der Waals surface area contributed by atoms with Gasteiger partial charge in [0.1, 0.15) is 12.3 Å². The van der Waals surface area contributed by atoms with Gasteiger partial charge in [0.2, 0.25) is 0 Å². The highest BCUT2D eigenvalue weighted by molar-refractivity contribution is 5.98. The zero-order chi connectivity index (χ0) is 14.4. The lowest BCUT2D eigenvalue weighted by atomic mass is 10.2. The third kappa shape index (κ3) is 4.20. The number of hydrogen-bond donors (Lipinski definition) is 0. The van der Waals surface area contributed by atoms with Gasteiger partial charge < -0.3 is 14.4 Å². The molecule has 0 radical (unpaired) electrons. The zero-order valence-corrected chi connectivity index (χ0v) is 10.4. The molecule has 0 heterocycles. The maximum absolute atomic E-state index is 12.2. The van der Waals surface area contributed by atoms with Crippen LogP contribution < -0.4 is 4.74 Å². The molecule has 0 aliphatic rings. The molecule has 0 saturated carbocycles. The van der Waals surface area contributed by atoms with Crippen LogP contribution in [0.5, 0.6) is 5.75 Å². The van der Waals surface area contributed by atoms with Gasteiger partial charge in [0.15, 0.2) is 0 Å². The molecule has 1 aromatic carbocycles. The highest BCUT2D eigenvalue weighted by Gasteiger charge is 2.20. The lowest BCUT2D eigenvalue weighted by Crippen LogP contribution is -2.33. The van der Waals surface area contributed by atoms with Crippen molar-refractivity contribution in [3.05, 3.63) is 29.8 Å². The average molecular weight is 273 g/mol. The number of methoxy groups -OCH3 is 1. The van der Waals surface area contributed by atoms with Crippen molar-refractivity contribution in [2.75, 3.05) is 20.7 Å². The van der Waals surface area contributed by atoms with Crippen LogP contribution in [-0.4, -0.2) is 44.1 Å². The number of ether oxygens (including phenoxy) is 2. The summed E-state index contributed by atoms with van der Waals surface area (Å²) in [6, 6.07) is 5.57. The van der Waals surface area contributed by atoms with Gasteiger partial charge in [-0.05, 0) is 12.1 Å². The number of carbonyl (C=O) groups is 2. The molecule has 1 amide bonds. The van der Waals surface area contributed by atoms with E-state index in [4.69, 9.17) is 0 Å². The predicted octanol–water partition coefficient (Wildman–Crippen LogP) is 1.53. The van der Waals surface area contributed by atoms with Crippen LogP contribution in [-0.2, 0) is 9.53 Å². The summed E-state index contributed by atoms with van der Waals surface area (Å²) in [5.41, 5.74) is -0.0470. The van der Waals surface area contributed by atoms with Gasteiger partial charge >= 0.3 is 12.6 Å². The summed E-state index contributed by atoms with van der Waals surface area (Å²) in [6.07, 6.45) is 0. The number of likely N-dealkylation sites (N-methyl/N-ethyl adjacent to an activating group) is 1. The molecule has 0 unspecified atom stereocenters. The van der Waals surface area contributed by atoms with E-state index in [-0.39, 0.29) is 17.9 Å². The van der Waals surface area contributed by atoms with Crippen molar-refractivity contribution >= 4 is 11.9 Å². The Kier molecular flexibility index (Phi) is 5.23. The smallest absolute Gasteiger partial charge is 0.387 e. The molecule has 0 aromatic heterocycles. The van der Waals surface area contributed by atoms with Gasteiger partial charge in [-0.3, -0.25) is 9.59 Å². The Labute approximate surface area is 108 Å². The maximum atomic E-state index is 12.2. The first kappa shape index (κ1) is 14.9.